The fourth-order valence-corrected chi connectivity index (χ4v) is 5.23. The Hall–Kier alpha value is -3.32. The van der Waals surface area contributed by atoms with Crippen molar-refractivity contribution in [2.24, 2.45) is 0 Å². The van der Waals surface area contributed by atoms with E-state index >= 15 is 0 Å². The van der Waals surface area contributed by atoms with Gasteiger partial charge in [-0.3, -0.25) is 0 Å². The predicted molar refractivity (Wildman–Crippen MR) is 123 cm³/mol. The molecule has 1 aromatic heterocycles. The number of benzene rings is 4. The summed E-state index contributed by atoms with van der Waals surface area (Å²) >= 11 is 0. The number of nitrogens with zero attached hydrogens (tertiary/aromatic N) is 1. The molecule has 1 heteroatoms. The summed E-state index contributed by atoms with van der Waals surface area (Å²) in [6, 6.07) is 31.3. The summed E-state index contributed by atoms with van der Waals surface area (Å²) in [6.07, 6.45) is 0. The fraction of sp³-hybridized carbons (Fsp3) is 0.143. The molecule has 6 rings (SSSR count). The Morgan fingerprint density at radius 2 is 1.45 bits per heavy atom. The van der Waals surface area contributed by atoms with E-state index in [4.69, 9.17) is 0 Å². The molecule has 0 fully saturated rings. The van der Waals surface area contributed by atoms with E-state index in [0.29, 0.717) is 0 Å². The van der Waals surface area contributed by atoms with Crippen LogP contribution in [-0.2, 0) is 5.41 Å². The van der Waals surface area contributed by atoms with E-state index in [1.165, 1.54) is 55.3 Å². The van der Waals surface area contributed by atoms with Crippen molar-refractivity contribution in [1.82, 2.24) is 4.57 Å². The summed E-state index contributed by atoms with van der Waals surface area (Å²) in [6.45, 7) is 6.88. The van der Waals surface area contributed by atoms with E-state index in [2.05, 4.69) is 110 Å². The normalized spacial score (nSPS) is 14.3. The summed E-state index contributed by atoms with van der Waals surface area (Å²) in [5.74, 6) is 0. The molecule has 140 valence electrons. The molecular formula is C28H23N. The fourth-order valence-electron chi connectivity index (χ4n) is 5.23. The van der Waals surface area contributed by atoms with Crippen molar-refractivity contribution in [2.75, 3.05) is 0 Å². The van der Waals surface area contributed by atoms with Crippen molar-refractivity contribution in [3.63, 3.8) is 0 Å². The maximum absolute atomic E-state index is 2.47. The minimum Gasteiger partial charge on any atom is -0.309 e. The van der Waals surface area contributed by atoms with Crippen molar-refractivity contribution >= 4 is 21.8 Å². The monoisotopic (exact) mass is 373 g/mol. The van der Waals surface area contributed by atoms with Crippen LogP contribution in [0.15, 0.2) is 84.9 Å². The lowest BCUT2D eigenvalue weighted by molar-refractivity contribution is 0.630. The van der Waals surface area contributed by atoms with E-state index < -0.39 is 0 Å². The van der Waals surface area contributed by atoms with Crippen molar-refractivity contribution in [3.05, 3.63) is 102 Å². The smallest absolute Gasteiger partial charge is 0.0582 e. The third-order valence-electron chi connectivity index (χ3n) is 6.73. The second kappa shape index (κ2) is 5.61. The standard InChI is InChI=1S/C28H23N/c1-18-9-4-5-10-20(18)19-15-16-25-22(17-19)21-11-8-13-24-27(21)29(25)26-14-7-6-12-23(26)28(24,2)3/h4-17H,1-3H3. The van der Waals surface area contributed by atoms with Crippen LogP contribution in [0.3, 0.4) is 0 Å². The molecule has 1 aliphatic rings. The zero-order valence-corrected chi connectivity index (χ0v) is 17.0. The van der Waals surface area contributed by atoms with Gasteiger partial charge < -0.3 is 4.57 Å². The number of fused-ring (bicyclic) bond motifs is 5. The van der Waals surface area contributed by atoms with Gasteiger partial charge in [0.1, 0.15) is 0 Å². The van der Waals surface area contributed by atoms with Gasteiger partial charge in [-0.15, -0.1) is 0 Å². The quantitative estimate of drug-likeness (QED) is 0.288. The SMILES string of the molecule is Cc1ccccc1-c1ccc2c(c1)c1cccc3c1n2-c1ccccc1C3(C)C. The van der Waals surface area contributed by atoms with Crippen LogP contribution in [-0.4, -0.2) is 4.57 Å². The molecule has 0 bridgehead atoms. The minimum atomic E-state index is -0.0146. The Morgan fingerprint density at radius 3 is 2.31 bits per heavy atom. The van der Waals surface area contributed by atoms with Gasteiger partial charge in [-0.05, 0) is 52.9 Å². The Balaban J connectivity index is 1.77. The van der Waals surface area contributed by atoms with Gasteiger partial charge >= 0.3 is 0 Å². The molecule has 1 nitrogen and oxygen atoms in total. The Kier molecular flexibility index (Phi) is 3.21. The molecule has 0 atom stereocenters. The average Bonchev–Trinajstić information content (AvgIpc) is 3.07. The zero-order chi connectivity index (χ0) is 19.8. The lowest BCUT2D eigenvalue weighted by atomic mass is 9.75. The summed E-state index contributed by atoms with van der Waals surface area (Å²) < 4.78 is 2.47. The van der Waals surface area contributed by atoms with Crippen LogP contribution in [0.4, 0.5) is 0 Å². The molecule has 0 amide bonds. The first-order chi connectivity index (χ1) is 14.1. The Bertz CT molecular complexity index is 1430. The average molecular weight is 373 g/mol. The highest BCUT2D eigenvalue weighted by Gasteiger charge is 2.34. The molecule has 0 saturated carbocycles. The van der Waals surface area contributed by atoms with E-state index in [9.17, 15) is 0 Å². The predicted octanol–water partition coefficient (Wildman–Crippen LogP) is 7.40. The topological polar surface area (TPSA) is 4.93 Å². The maximum Gasteiger partial charge on any atom is 0.0582 e. The molecule has 1 aliphatic heterocycles. The van der Waals surface area contributed by atoms with Gasteiger partial charge in [0.05, 0.1) is 16.7 Å². The highest BCUT2D eigenvalue weighted by Crippen LogP contribution is 2.47. The van der Waals surface area contributed by atoms with Gasteiger partial charge in [-0.25, -0.2) is 0 Å². The molecule has 0 aliphatic carbocycles. The van der Waals surface area contributed by atoms with Crippen LogP contribution < -0.4 is 0 Å². The number of aromatic nitrogens is 1. The van der Waals surface area contributed by atoms with Crippen LogP contribution in [0.5, 0.6) is 0 Å². The largest absolute Gasteiger partial charge is 0.309 e. The van der Waals surface area contributed by atoms with Crippen LogP contribution in [0.1, 0.15) is 30.5 Å². The van der Waals surface area contributed by atoms with Gasteiger partial charge in [0.2, 0.25) is 0 Å². The lowest BCUT2D eigenvalue weighted by Crippen LogP contribution is -2.26. The van der Waals surface area contributed by atoms with E-state index in [1.54, 1.807) is 0 Å². The van der Waals surface area contributed by atoms with Crippen molar-refractivity contribution < 1.29 is 0 Å². The van der Waals surface area contributed by atoms with E-state index in [1.807, 2.05) is 0 Å². The van der Waals surface area contributed by atoms with Crippen LogP contribution in [0.25, 0.3) is 38.6 Å². The Labute approximate surface area is 171 Å². The van der Waals surface area contributed by atoms with Gasteiger partial charge in [-0.2, -0.15) is 0 Å². The summed E-state index contributed by atoms with van der Waals surface area (Å²) in [4.78, 5) is 0. The van der Waals surface area contributed by atoms with Gasteiger partial charge in [0.25, 0.3) is 0 Å². The van der Waals surface area contributed by atoms with Crippen molar-refractivity contribution in [3.8, 4) is 16.8 Å². The second-order valence-electron chi connectivity index (χ2n) is 8.73. The second-order valence-corrected chi connectivity index (χ2v) is 8.73. The first-order valence-corrected chi connectivity index (χ1v) is 10.3. The van der Waals surface area contributed by atoms with Crippen LogP contribution in [0, 0.1) is 6.92 Å². The molecule has 0 N–H and O–H groups in total. The zero-order valence-electron chi connectivity index (χ0n) is 17.0. The van der Waals surface area contributed by atoms with E-state index in [-0.39, 0.29) is 5.41 Å². The first kappa shape index (κ1) is 16.6. The van der Waals surface area contributed by atoms with Gasteiger partial charge in [0.15, 0.2) is 0 Å². The molecule has 29 heavy (non-hydrogen) atoms. The Morgan fingerprint density at radius 1 is 0.690 bits per heavy atom. The van der Waals surface area contributed by atoms with Gasteiger partial charge in [0, 0.05) is 16.2 Å². The summed E-state index contributed by atoms with van der Waals surface area (Å²) in [5, 5.41) is 2.67. The molecule has 2 heterocycles. The lowest BCUT2D eigenvalue weighted by Gasteiger charge is -2.34. The summed E-state index contributed by atoms with van der Waals surface area (Å²) in [7, 11) is 0. The molecule has 0 radical (unpaired) electrons. The van der Waals surface area contributed by atoms with E-state index in [0.717, 1.165) is 0 Å². The minimum absolute atomic E-state index is 0.0146. The number of aryl methyl sites for hydroxylation is 1. The van der Waals surface area contributed by atoms with Crippen molar-refractivity contribution in [1.29, 1.82) is 0 Å². The third kappa shape index (κ3) is 2.10. The molecular weight excluding hydrogens is 350 g/mol. The molecule has 0 saturated heterocycles. The van der Waals surface area contributed by atoms with Gasteiger partial charge in [-0.1, -0.05) is 80.6 Å². The first-order valence-electron chi connectivity index (χ1n) is 10.3. The molecule has 5 aromatic rings. The summed E-state index contributed by atoms with van der Waals surface area (Å²) in [5.41, 5.74) is 10.6. The van der Waals surface area contributed by atoms with Crippen LogP contribution in [0.2, 0.25) is 0 Å². The molecule has 0 spiro atoms. The maximum atomic E-state index is 2.47. The number of rotatable bonds is 1. The highest BCUT2D eigenvalue weighted by molar-refractivity contribution is 6.12. The molecule has 0 unspecified atom stereocenters. The van der Waals surface area contributed by atoms with Crippen molar-refractivity contribution in [2.45, 2.75) is 26.2 Å². The molecule has 4 aromatic carbocycles. The van der Waals surface area contributed by atoms with Crippen LogP contribution >= 0.6 is 0 Å². The highest BCUT2D eigenvalue weighted by atomic mass is 15.0. The third-order valence-corrected chi connectivity index (χ3v) is 6.73. The number of hydrogen-bond acceptors (Lipinski definition) is 0. The number of para-hydroxylation sites is 2. The number of hydrogen-bond donors (Lipinski definition) is 0.